The van der Waals surface area contributed by atoms with Gasteiger partial charge in [0.2, 0.25) is 0 Å². The Hall–Kier alpha value is -6.26. The van der Waals surface area contributed by atoms with E-state index < -0.39 is 0 Å². The van der Waals surface area contributed by atoms with Gasteiger partial charge in [0.05, 0.1) is 11.2 Å². The highest BCUT2D eigenvalue weighted by Crippen LogP contribution is 2.30. The largest absolute Gasteiger partial charge is 0.248 e. The molecule has 0 unspecified atom stereocenters. The standard InChI is InChI=1S/C42H28N4/c1-3-10-29(11-4-1)30-20-24-35(25-21-30)41-44-40(34-13-5-2-6-14-34)45-42(46-41)37-16-9-15-36(28-37)31-18-22-33(23-19-31)39-27-26-32-12-7-8-17-38(32)43-39/h1-28H. The van der Waals surface area contributed by atoms with Gasteiger partial charge < -0.3 is 0 Å². The third kappa shape index (κ3) is 5.56. The smallest absolute Gasteiger partial charge is 0.164 e. The summed E-state index contributed by atoms with van der Waals surface area (Å²) in [4.78, 5) is 19.7. The summed E-state index contributed by atoms with van der Waals surface area (Å²) in [6, 6.07) is 58.2. The molecule has 0 N–H and O–H groups in total. The molecule has 0 aliphatic heterocycles. The summed E-state index contributed by atoms with van der Waals surface area (Å²) in [5, 5.41) is 1.14. The number of rotatable bonds is 6. The number of para-hydroxylation sites is 1. The molecule has 8 aromatic rings. The number of hydrogen-bond acceptors (Lipinski definition) is 4. The van der Waals surface area contributed by atoms with Crippen molar-refractivity contribution in [3.05, 3.63) is 170 Å². The van der Waals surface area contributed by atoms with Crippen LogP contribution < -0.4 is 0 Å². The quantitative estimate of drug-likeness (QED) is 0.194. The van der Waals surface area contributed by atoms with Crippen LogP contribution in [0.1, 0.15) is 0 Å². The van der Waals surface area contributed by atoms with Crippen LogP contribution in [0.15, 0.2) is 170 Å². The monoisotopic (exact) mass is 588 g/mol. The zero-order valence-electron chi connectivity index (χ0n) is 25.0. The van der Waals surface area contributed by atoms with Crippen molar-refractivity contribution in [2.75, 3.05) is 0 Å². The molecule has 216 valence electrons. The van der Waals surface area contributed by atoms with Crippen molar-refractivity contribution in [1.29, 1.82) is 0 Å². The van der Waals surface area contributed by atoms with Crippen molar-refractivity contribution < 1.29 is 0 Å². The number of aromatic nitrogens is 4. The van der Waals surface area contributed by atoms with Gasteiger partial charge in [-0.3, -0.25) is 0 Å². The number of fused-ring (bicyclic) bond motifs is 1. The van der Waals surface area contributed by atoms with Gasteiger partial charge in [0.15, 0.2) is 17.5 Å². The summed E-state index contributed by atoms with van der Waals surface area (Å²) in [6.45, 7) is 0. The fourth-order valence-corrected chi connectivity index (χ4v) is 5.69. The maximum absolute atomic E-state index is 4.98. The molecule has 0 saturated heterocycles. The summed E-state index contributed by atoms with van der Waals surface area (Å²) < 4.78 is 0. The predicted octanol–water partition coefficient (Wildman–Crippen LogP) is 10.4. The first-order valence-corrected chi connectivity index (χ1v) is 15.3. The van der Waals surface area contributed by atoms with Crippen molar-refractivity contribution in [2.24, 2.45) is 0 Å². The Morgan fingerprint density at radius 2 is 0.717 bits per heavy atom. The molecule has 0 fully saturated rings. The van der Waals surface area contributed by atoms with Crippen LogP contribution in [0.5, 0.6) is 0 Å². The van der Waals surface area contributed by atoms with E-state index in [0.29, 0.717) is 17.5 Å². The normalized spacial score (nSPS) is 11.0. The highest BCUT2D eigenvalue weighted by atomic mass is 15.0. The van der Waals surface area contributed by atoms with Crippen LogP contribution in [0.3, 0.4) is 0 Å². The predicted molar refractivity (Wildman–Crippen MR) is 188 cm³/mol. The third-order valence-corrected chi connectivity index (χ3v) is 8.15. The minimum absolute atomic E-state index is 0.634. The Kier molecular flexibility index (Phi) is 7.14. The van der Waals surface area contributed by atoms with Crippen molar-refractivity contribution >= 4 is 10.9 Å². The molecule has 6 aromatic carbocycles. The van der Waals surface area contributed by atoms with Gasteiger partial charge in [-0.2, -0.15) is 0 Å². The molecule has 0 bridgehead atoms. The lowest BCUT2D eigenvalue weighted by Gasteiger charge is -2.10. The number of pyridine rings is 1. The van der Waals surface area contributed by atoms with Gasteiger partial charge >= 0.3 is 0 Å². The van der Waals surface area contributed by atoms with E-state index in [-0.39, 0.29) is 0 Å². The molecule has 46 heavy (non-hydrogen) atoms. The molecule has 4 nitrogen and oxygen atoms in total. The first kappa shape index (κ1) is 27.3. The van der Waals surface area contributed by atoms with E-state index in [1.54, 1.807) is 0 Å². The first-order chi connectivity index (χ1) is 22.8. The first-order valence-electron chi connectivity index (χ1n) is 15.3. The second-order valence-electron chi connectivity index (χ2n) is 11.2. The fraction of sp³-hybridized carbons (Fsp3) is 0. The van der Waals surface area contributed by atoms with E-state index in [9.17, 15) is 0 Å². The van der Waals surface area contributed by atoms with Crippen LogP contribution in [-0.4, -0.2) is 19.9 Å². The molecule has 0 saturated carbocycles. The van der Waals surface area contributed by atoms with Gasteiger partial charge in [-0.15, -0.1) is 0 Å². The molecule has 0 aliphatic rings. The highest BCUT2D eigenvalue weighted by molar-refractivity contribution is 5.82. The van der Waals surface area contributed by atoms with Gasteiger partial charge in [0, 0.05) is 27.6 Å². The molecule has 0 radical (unpaired) electrons. The van der Waals surface area contributed by atoms with E-state index in [1.807, 2.05) is 54.6 Å². The molecule has 0 atom stereocenters. The second-order valence-corrected chi connectivity index (χ2v) is 11.2. The minimum Gasteiger partial charge on any atom is -0.248 e. The summed E-state index contributed by atoms with van der Waals surface area (Å²) in [7, 11) is 0. The summed E-state index contributed by atoms with van der Waals surface area (Å²) >= 11 is 0. The highest BCUT2D eigenvalue weighted by Gasteiger charge is 2.13. The second kappa shape index (κ2) is 12.0. The van der Waals surface area contributed by atoms with Crippen molar-refractivity contribution in [2.45, 2.75) is 0 Å². The molecule has 0 amide bonds. The van der Waals surface area contributed by atoms with E-state index in [0.717, 1.165) is 55.5 Å². The minimum atomic E-state index is 0.634. The average molecular weight is 589 g/mol. The molecule has 2 heterocycles. The fourth-order valence-electron chi connectivity index (χ4n) is 5.69. The Morgan fingerprint density at radius 1 is 0.261 bits per heavy atom. The SMILES string of the molecule is c1ccc(-c2ccc(-c3nc(-c4ccccc4)nc(-c4cccc(-c5ccc(-c6ccc7ccccc7n6)cc5)c4)n3)cc2)cc1. The van der Waals surface area contributed by atoms with Gasteiger partial charge in [0.25, 0.3) is 0 Å². The van der Waals surface area contributed by atoms with E-state index in [4.69, 9.17) is 19.9 Å². The number of benzene rings is 6. The molecule has 0 aliphatic carbocycles. The lowest BCUT2D eigenvalue weighted by molar-refractivity contribution is 1.07. The lowest BCUT2D eigenvalue weighted by atomic mass is 10.00. The Bertz CT molecular complexity index is 2280. The maximum atomic E-state index is 4.98. The zero-order valence-corrected chi connectivity index (χ0v) is 25.0. The number of hydrogen-bond donors (Lipinski definition) is 0. The molecule has 2 aromatic heterocycles. The van der Waals surface area contributed by atoms with Crippen LogP contribution in [-0.2, 0) is 0 Å². The summed E-state index contributed by atoms with van der Waals surface area (Å²) in [5.41, 5.74) is 10.4. The van der Waals surface area contributed by atoms with E-state index in [1.165, 1.54) is 5.56 Å². The molecular formula is C42H28N4. The van der Waals surface area contributed by atoms with Crippen molar-refractivity contribution in [3.8, 4) is 67.7 Å². The van der Waals surface area contributed by atoms with Crippen molar-refractivity contribution in [3.63, 3.8) is 0 Å². The topological polar surface area (TPSA) is 51.6 Å². The Labute approximate surface area is 267 Å². The van der Waals surface area contributed by atoms with Crippen molar-refractivity contribution in [1.82, 2.24) is 19.9 Å². The number of nitrogens with zero attached hydrogens (tertiary/aromatic N) is 4. The van der Waals surface area contributed by atoms with E-state index >= 15 is 0 Å². The molecule has 0 spiro atoms. The van der Waals surface area contributed by atoms with Crippen LogP contribution >= 0.6 is 0 Å². The van der Waals surface area contributed by atoms with Gasteiger partial charge in [-0.1, -0.05) is 152 Å². The van der Waals surface area contributed by atoms with Crippen LogP contribution in [0, 0.1) is 0 Å². The van der Waals surface area contributed by atoms with Gasteiger partial charge in [-0.05, 0) is 40.5 Å². The molecule has 8 rings (SSSR count). The van der Waals surface area contributed by atoms with Gasteiger partial charge in [0.1, 0.15) is 0 Å². The zero-order chi connectivity index (χ0) is 30.7. The summed E-state index contributed by atoms with van der Waals surface area (Å²) in [5.74, 6) is 1.92. The Balaban J connectivity index is 1.15. The average Bonchev–Trinajstić information content (AvgIpc) is 3.15. The lowest BCUT2D eigenvalue weighted by Crippen LogP contribution is -2.00. The Morgan fingerprint density at radius 3 is 1.41 bits per heavy atom. The van der Waals surface area contributed by atoms with E-state index in [2.05, 4.69) is 115 Å². The van der Waals surface area contributed by atoms with Crippen LogP contribution in [0.25, 0.3) is 78.6 Å². The van der Waals surface area contributed by atoms with Crippen LogP contribution in [0.2, 0.25) is 0 Å². The maximum Gasteiger partial charge on any atom is 0.164 e. The van der Waals surface area contributed by atoms with Crippen LogP contribution in [0.4, 0.5) is 0 Å². The van der Waals surface area contributed by atoms with Gasteiger partial charge in [-0.25, -0.2) is 19.9 Å². The molecule has 4 heteroatoms. The third-order valence-electron chi connectivity index (χ3n) is 8.15. The summed E-state index contributed by atoms with van der Waals surface area (Å²) in [6.07, 6.45) is 0. The molecular weight excluding hydrogens is 560 g/mol.